The van der Waals surface area contributed by atoms with Crippen molar-refractivity contribution in [2.75, 3.05) is 31.6 Å². The van der Waals surface area contributed by atoms with E-state index in [4.69, 9.17) is 5.73 Å². The van der Waals surface area contributed by atoms with Crippen LogP contribution in [-0.2, 0) is 9.59 Å². The van der Waals surface area contributed by atoms with Gasteiger partial charge in [0.1, 0.15) is 12.3 Å². The number of alkyl halides is 1. The zero-order valence-corrected chi connectivity index (χ0v) is 20.8. The number of fused-ring (bicyclic) bond motifs is 1. The molecule has 3 heterocycles. The summed E-state index contributed by atoms with van der Waals surface area (Å²) in [5, 5.41) is 14.0. The number of primary amides is 1. The van der Waals surface area contributed by atoms with Crippen molar-refractivity contribution < 1.29 is 19.1 Å². The van der Waals surface area contributed by atoms with E-state index in [1.807, 2.05) is 18.2 Å². The highest BCUT2D eigenvalue weighted by Gasteiger charge is 2.52. The number of benzene rings is 1. The number of anilines is 2. The number of carbonyl (C=O) groups excluding carboxylic acids is 1. The number of rotatable bonds is 10. The van der Waals surface area contributed by atoms with Crippen molar-refractivity contribution in [3.05, 3.63) is 48.3 Å². The SMILES string of the molecule is NC(=O)CC(n1ccc2cnc(Nc3ccc(C4CCN(CCF)CC4)cc3)nc21)C1(C(=O)O)CCC1. The highest BCUT2D eigenvalue weighted by Crippen LogP contribution is 2.51. The molecule has 0 radical (unpaired) electrons. The molecule has 196 valence electrons. The number of halogens is 1. The van der Waals surface area contributed by atoms with Gasteiger partial charge in [-0.15, -0.1) is 0 Å². The summed E-state index contributed by atoms with van der Waals surface area (Å²) < 4.78 is 14.4. The van der Waals surface area contributed by atoms with Crippen LogP contribution in [0.4, 0.5) is 16.0 Å². The van der Waals surface area contributed by atoms with Gasteiger partial charge in [0.25, 0.3) is 0 Å². The number of carboxylic acid groups (broad SMARTS) is 1. The lowest BCUT2D eigenvalue weighted by Gasteiger charge is -2.44. The fourth-order valence-electron chi connectivity index (χ4n) is 5.82. The molecule has 1 saturated heterocycles. The van der Waals surface area contributed by atoms with Crippen molar-refractivity contribution >= 4 is 34.5 Å². The fraction of sp³-hybridized carbons (Fsp3) is 0.481. The van der Waals surface area contributed by atoms with Crippen LogP contribution in [0.5, 0.6) is 0 Å². The first-order valence-corrected chi connectivity index (χ1v) is 12.9. The average molecular weight is 509 g/mol. The minimum Gasteiger partial charge on any atom is -0.481 e. The molecule has 10 heteroatoms. The van der Waals surface area contributed by atoms with Gasteiger partial charge in [0, 0.05) is 36.4 Å². The van der Waals surface area contributed by atoms with Gasteiger partial charge >= 0.3 is 5.97 Å². The van der Waals surface area contributed by atoms with Crippen LogP contribution in [0.3, 0.4) is 0 Å². The largest absolute Gasteiger partial charge is 0.481 e. The minimum absolute atomic E-state index is 0.0724. The number of aromatic nitrogens is 3. The zero-order chi connectivity index (χ0) is 26.0. The fourth-order valence-corrected chi connectivity index (χ4v) is 5.82. The predicted molar refractivity (Wildman–Crippen MR) is 138 cm³/mol. The molecule has 1 unspecified atom stereocenters. The van der Waals surface area contributed by atoms with Gasteiger partial charge in [-0.05, 0) is 68.5 Å². The number of likely N-dealkylation sites (tertiary alicyclic amines) is 1. The van der Waals surface area contributed by atoms with Crippen LogP contribution in [0.25, 0.3) is 11.0 Å². The maximum absolute atomic E-state index is 12.6. The van der Waals surface area contributed by atoms with Gasteiger partial charge in [0.05, 0.1) is 11.5 Å². The molecule has 0 spiro atoms. The highest BCUT2D eigenvalue weighted by atomic mass is 19.1. The van der Waals surface area contributed by atoms with Gasteiger partial charge < -0.3 is 25.6 Å². The van der Waals surface area contributed by atoms with E-state index >= 15 is 0 Å². The van der Waals surface area contributed by atoms with Gasteiger partial charge in [0.2, 0.25) is 11.9 Å². The van der Waals surface area contributed by atoms with E-state index in [1.54, 1.807) is 17.0 Å². The third-order valence-corrected chi connectivity index (χ3v) is 8.12. The molecule has 1 aromatic carbocycles. The van der Waals surface area contributed by atoms with Crippen molar-refractivity contribution in [1.29, 1.82) is 0 Å². The van der Waals surface area contributed by atoms with Crippen LogP contribution in [0.1, 0.15) is 56.0 Å². The number of aliphatic carboxylic acids is 1. The van der Waals surface area contributed by atoms with Crippen molar-refractivity contribution in [2.24, 2.45) is 11.1 Å². The molecular formula is C27H33FN6O3. The molecule has 5 rings (SSSR count). The first-order chi connectivity index (χ1) is 17.9. The second-order valence-electron chi connectivity index (χ2n) is 10.2. The van der Waals surface area contributed by atoms with Crippen LogP contribution >= 0.6 is 0 Å². The normalized spacial score (nSPS) is 18.8. The zero-order valence-electron chi connectivity index (χ0n) is 20.8. The summed E-state index contributed by atoms with van der Waals surface area (Å²) in [6.07, 6.45) is 7.23. The van der Waals surface area contributed by atoms with Crippen LogP contribution in [0, 0.1) is 5.41 Å². The molecule has 1 amide bonds. The lowest BCUT2D eigenvalue weighted by atomic mass is 9.63. The van der Waals surface area contributed by atoms with E-state index in [0.717, 1.165) is 43.4 Å². The van der Waals surface area contributed by atoms with Crippen LogP contribution < -0.4 is 11.1 Å². The number of hydrogen-bond acceptors (Lipinski definition) is 6. The smallest absolute Gasteiger partial charge is 0.311 e. The molecule has 4 N–H and O–H groups in total. The Kier molecular flexibility index (Phi) is 7.10. The number of nitrogens with two attached hydrogens (primary N) is 1. The van der Waals surface area contributed by atoms with E-state index in [9.17, 15) is 19.1 Å². The second kappa shape index (κ2) is 10.5. The third kappa shape index (κ3) is 5.02. The molecule has 2 aliphatic rings. The van der Waals surface area contributed by atoms with Gasteiger partial charge in [-0.2, -0.15) is 4.98 Å². The number of nitrogens with one attached hydrogen (secondary N) is 1. The number of hydrogen-bond donors (Lipinski definition) is 3. The van der Waals surface area contributed by atoms with E-state index in [-0.39, 0.29) is 13.1 Å². The van der Waals surface area contributed by atoms with Crippen molar-refractivity contribution in [3.63, 3.8) is 0 Å². The summed E-state index contributed by atoms with van der Waals surface area (Å²) in [5.74, 6) is -0.598. The summed E-state index contributed by atoms with van der Waals surface area (Å²) >= 11 is 0. The summed E-state index contributed by atoms with van der Waals surface area (Å²) in [5.41, 5.74) is 7.17. The Morgan fingerprint density at radius 3 is 2.51 bits per heavy atom. The maximum Gasteiger partial charge on any atom is 0.311 e. The second-order valence-corrected chi connectivity index (χ2v) is 10.2. The van der Waals surface area contributed by atoms with Gasteiger partial charge in [0.15, 0.2) is 0 Å². The quantitative estimate of drug-likeness (QED) is 0.378. The molecule has 2 fully saturated rings. The molecule has 1 atom stereocenters. The Hall–Kier alpha value is -3.53. The standard InChI is InChI=1S/C27H33FN6O3/c28-11-15-33-12-6-19(7-13-33)18-2-4-21(5-3-18)31-26-30-17-20-8-14-34(24(20)32-26)22(16-23(29)35)27(25(36)37)9-1-10-27/h2-5,8,14,17,19,22H,1,6-7,9-13,15-16H2,(H2,29,35)(H,36,37)(H,30,31,32). The topological polar surface area (TPSA) is 126 Å². The molecular weight excluding hydrogens is 475 g/mol. The van der Waals surface area contributed by atoms with Crippen LogP contribution in [0.2, 0.25) is 0 Å². The monoisotopic (exact) mass is 508 g/mol. The van der Waals surface area contributed by atoms with Gasteiger partial charge in [-0.1, -0.05) is 18.6 Å². The Balaban J connectivity index is 1.35. The Labute approximate surface area is 214 Å². The summed E-state index contributed by atoms with van der Waals surface area (Å²) in [4.78, 5) is 35.4. The lowest BCUT2D eigenvalue weighted by molar-refractivity contribution is -0.159. The summed E-state index contributed by atoms with van der Waals surface area (Å²) in [6.45, 7) is 2.06. The van der Waals surface area contributed by atoms with E-state index in [2.05, 4.69) is 32.3 Å². The molecule has 1 saturated carbocycles. The lowest BCUT2D eigenvalue weighted by Crippen LogP contribution is -2.46. The Morgan fingerprint density at radius 1 is 1.19 bits per heavy atom. The van der Waals surface area contributed by atoms with Gasteiger partial charge in [-0.25, -0.2) is 9.37 Å². The third-order valence-electron chi connectivity index (χ3n) is 8.12. The van der Waals surface area contributed by atoms with Crippen molar-refractivity contribution in [3.8, 4) is 0 Å². The number of carbonyl (C=O) groups is 2. The van der Waals surface area contributed by atoms with E-state index in [0.29, 0.717) is 36.9 Å². The molecule has 1 aliphatic heterocycles. The molecule has 0 bridgehead atoms. The van der Waals surface area contributed by atoms with Crippen molar-refractivity contribution in [2.45, 2.75) is 50.5 Å². The Bertz CT molecular complexity index is 1260. The molecule has 37 heavy (non-hydrogen) atoms. The molecule has 3 aromatic rings. The molecule has 1 aliphatic carbocycles. The highest BCUT2D eigenvalue weighted by molar-refractivity contribution is 5.82. The Morgan fingerprint density at radius 2 is 1.92 bits per heavy atom. The number of piperidine rings is 1. The van der Waals surface area contributed by atoms with Gasteiger partial charge in [-0.3, -0.25) is 9.59 Å². The first-order valence-electron chi connectivity index (χ1n) is 12.9. The molecule has 9 nitrogen and oxygen atoms in total. The maximum atomic E-state index is 12.6. The minimum atomic E-state index is -1.03. The number of amides is 1. The predicted octanol–water partition coefficient (Wildman–Crippen LogP) is 4.00. The van der Waals surface area contributed by atoms with Crippen LogP contribution in [-0.4, -0.2) is 62.7 Å². The number of carboxylic acids is 1. The first kappa shape index (κ1) is 25.1. The summed E-state index contributed by atoms with van der Waals surface area (Å²) in [7, 11) is 0. The van der Waals surface area contributed by atoms with Crippen molar-refractivity contribution in [1.82, 2.24) is 19.4 Å². The number of nitrogens with zero attached hydrogens (tertiary/aromatic N) is 4. The molecule has 2 aromatic heterocycles. The van der Waals surface area contributed by atoms with E-state index in [1.165, 1.54) is 5.56 Å². The van der Waals surface area contributed by atoms with Crippen LogP contribution in [0.15, 0.2) is 42.7 Å². The average Bonchev–Trinajstić information content (AvgIpc) is 3.26. The van der Waals surface area contributed by atoms with E-state index < -0.39 is 23.3 Å². The summed E-state index contributed by atoms with van der Waals surface area (Å²) in [6, 6.07) is 9.42.